The van der Waals surface area contributed by atoms with E-state index in [1.165, 1.54) is 0 Å². The fraction of sp³-hybridized carbons (Fsp3) is 0.292. The van der Waals surface area contributed by atoms with Crippen LogP contribution in [0.4, 0.5) is 0 Å². The minimum absolute atomic E-state index is 0.265. The fourth-order valence-corrected chi connectivity index (χ4v) is 5.85. The van der Waals surface area contributed by atoms with Gasteiger partial charge in [-0.1, -0.05) is 42.0 Å². The molecular formula is C24H27O4P. The number of carbonyl (C=O) groups excluding carboxylic acids is 3. The van der Waals surface area contributed by atoms with Crippen LogP contribution in [0.3, 0.4) is 0 Å². The third-order valence-electron chi connectivity index (χ3n) is 4.77. The van der Waals surface area contributed by atoms with Crippen LogP contribution in [0, 0.1) is 41.5 Å². The molecule has 0 saturated carbocycles. The predicted octanol–water partition coefficient (Wildman–Crippen LogP) is 5.69. The average Bonchev–Trinajstić information content (AvgIpc) is 2.57. The van der Waals surface area contributed by atoms with Crippen LogP contribution in [0.1, 0.15) is 54.1 Å². The van der Waals surface area contributed by atoms with E-state index in [4.69, 9.17) is 4.74 Å². The maximum Gasteiger partial charge on any atom is 0.315 e. The van der Waals surface area contributed by atoms with Gasteiger partial charge in [0.1, 0.15) is 0 Å². The van der Waals surface area contributed by atoms with Crippen LogP contribution >= 0.6 is 7.92 Å². The largest absolute Gasteiger partial charge is 0.435 e. The first-order chi connectivity index (χ1) is 13.6. The molecule has 0 N–H and O–H groups in total. The minimum atomic E-state index is -1.97. The summed E-state index contributed by atoms with van der Waals surface area (Å²) in [6, 6.07) is 7.68. The zero-order valence-corrected chi connectivity index (χ0v) is 18.8. The number of rotatable bonds is 7. The van der Waals surface area contributed by atoms with Gasteiger partial charge in [-0.15, -0.1) is 0 Å². The summed E-state index contributed by atoms with van der Waals surface area (Å²) in [6.45, 7) is 14.7. The van der Waals surface area contributed by atoms with Crippen molar-refractivity contribution in [2.75, 3.05) is 6.16 Å². The Morgan fingerprint density at radius 2 is 1.14 bits per heavy atom. The molecule has 0 fully saturated rings. The molecule has 0 atom stereocenters. The van der Waals surface area contributed by atoms with Gasteiger partial charge in [-0.2, -0.15) is 0 Å². The molecule has 4 nitrogen and oxygen atoms in total. The van der Waals surface area contributed by atoms with Crippen LogP contribution in [0.5, 0.6) is 0 Å². The summed E-state index contributed by atoms with van der Waals surface area (Å²) in [4.78, 5) is 39.2. The van der Waals surface area contributed by atoms with Gasteiger partial charge in [-0.05, 0) is 63.8 Å². The molecule has 0 aromatic heterocycles. The molecule has 29 heavy (non-hydrogen) atoms. The number of carbonyl (C=O) groups is 3. The van der Waals surface area contributed by atoms with Crippen molar-refractivity contribution in [1.29, 1.82) is 0 Å². The number of hydrogen-bond donors (Lipinski definition) is 0. The highest BCUT2D eigenvalue weighted by Crippen LogP contribution is 2.45. The molecular weight excluding hydrogens is 383 g/mol. The quantitative estimate of drug-likeness (QED) is 0.334. The van der Waals surface area contributed by atoms with Crippen molar-refractivity contribution in [1.82, 2.24) is 0 Å². The van der Waals surface area contributed by atoms with Gasteiger partial charge in [-0.3, -0.25) is 14.4 Å². The first kappa shape index (κ1) is 22.7. The molecule has 0 unspecified atom stereocenters. The summed E-state index contributed by atoms with van der Waals surface area (Å²) in [5.74, 6) is -0.627. The summed E-state index contributed by atoms with van der Waals surface area (Å²) in [5.41, 5.74) is 5.77. The van der Waals surface area contributed by atoms with E-state index in [-0.39, 0.29) is 17.2 Å². The standard InChI is InChI=1S/C24H27O4P/c1-8-28-20(25)13-29(23(26)21-16(4)9-14(2)10-17(21)5)24(27)22-18(6)11-15(3)12-19(22)7/h8-12H,1,13H2,2-7H3. The Hall–Kier alpha value is -2.58. The second-order valence-corrected chi connectivity index (χ2v) is 9.39. The van der Waals surface area contributed by atoms with E-state index in [0.29, 0.717) is 11.1 Å². The third kappa shape index (κ3) is 5.07. The van der Waals surface area contributed by atoms with E-state index in [9.17, 15) is 14.4 Å². The Kier molecular flexibility index (Phi) is 7.26. The van der Waals surface area contributed by atoms with Gasteiger partial charge in [0, 0.05) is 11.1 Å². The monoisotopic (exact) mass is 410 g/mol. The van der Waals surface area contributed by atoms with Gasteiger partial charge in [0.2, 0.25) is 0 Å². The molecule has 0 saturated heterocycles. The highest BCUT2D eigenvalue weighted by atomic mass is 31.1. The van der Waals surface area contributed by atoms with Crippen LogP contribution in [0.2, 0.25) is 0 Å². The Labute approximate surface area is 173 Å². The zero-order valence-electron chi connectivity index (χ0n) is 17.9. The SMILES string of the molecule is C=COC(=O)CP(C(=O)c1c(C)cc(C)cc1C)C(=O)c1c(C)cc(C)cc1C. The fourth-order valence-electron chi connectivity index (χ4n) is 3.80. The maximum atomic E-state index is 13.5. The topological polar surface area (TPSA) is 60.4 Å². The van der Waals surface area contributed by atoms with Crippen LogP contribution in [-0.2, 0) is 9.53 Å². The first-order valence-electron chi connectivity index (χ1n) is 9.39. The van der Waals surface area contributed by atoms with Crippen molar-refractivity contribution in [2.45, 2.75) is 41.5 Å². The highest BCUT2D eigenvalue weighted by molar-refractivity contribution is 7.90. The molecule has 0 heterocycles. The van der Waals surface area contributed by atoms with E-state index < -0.39 is 13.9 Å². The number of aryl methyl sites for hydroxylation is 6. The number of benzene rings is 2. The molecule has 2 rings (SSSR count). The van der Waals surface area contributed by atoms with Crippen LogP contribution < -0.4 is 0 Å². The number of esters is 1. The van der Waals surface area contributed by atoms with Gasteiger partial charge in [0.25, 0.3) is 0 Å². The van der Waals surface area contributed by atoms with Crippen molar-refractivity contribution >= 4 is 24.9 Å². The molecule has 0 aliphatic rings. The Bertz CT molecular complexity index is 888. The second kappa shape index (κ2) is 9.28. The van der Waals surface area contributed by atoms with E-state index >= 15 is 0 Å². The lowest BCUT2D eigenvalue weighted by Gasteiger charge is -2.20. The molecule has 0 aliphatic heterocycles. The molecule has 0 aliphatic carbocycles. The van der Waals surface area contributed by atoms with Crippen LogP contribution in [-0.4, -0.2) is 23.2 Å². The highest BCUT2D eigenvalue weighted by Gasteiger charge is 2.34. The molecule has 2 aromatic carbocycles. The molecule has 5 heteroatoms. The lowest BCUT2D eigenvalue weighted by atomic mass is 10.0. The van der Waals surface area contributed by atoms with Gasteiger partial charge < -0.3 is 4.74 Å². The normalized spacial score (nSPS) is 10.7. The van der Waals surface area contributed by atoms with Crippen molar-refractivity contribution in [3.05, 3.63) is 81.6 Å². The van der Waals surface area contributed by atoms with Crippen molar-refractivity contribution in [3.63, 3.8) is 0 Å². The van der Waals surface area contributed by atoms with E-state index in [2.05, 4.69) is 6.58 Å². The molecule has 0 bridgehead atoms. The van der Waals surface area contributed by atoms with Gasteiger partial charge >= 0.3 is 5.97 Å². The first-order valence-corrected chi connectivity index (χ1v) is 10.9. The predicted molar refractivity (Wildman–Crippen MR) is 118 cm³/mol. The van der Waals surface area contributed by atoms with Crippen LogP contribution in [0.25, 0.3) is 0 Å². The molecule has 0 amide bonds. The summed E-state index contributed by atoms with van der Waals surface area (Å²) in [5, 5.41) is 0. The molecule has 0 radical (unpaired) electrons. The zero-order chi connectivity index (χ0) is 21.9. The lowest BCUT2D eigenvalue weighted by molar-refractivity contribution is -0.134. The summed E-state index contributed by atoms with van der Waals surface area (Å²) in [6.07, 6.45) is 0.758. The maximum absolute atomic E-state index is 13.5. The Morgan fingerprint density at radius 1 is 0.793 bits per heavy atom. The summed E-state index contributed by atoms with van der Waals surface area (Å²) < 4.78 is 4.84. The molecule has 0 spiro atoms. The van der Waals surface area contributed by atoms with E-state index in [0.717, 1.165) is 39.6 Å². The molecule has 152 valence electrons. The average molecular weight is 410 g/mol. The van der Waals surface area contributed by atoms with Crippen molar-refractivity contribution in [2.24, 2.45) is 0 Å². The smallest absolute Gasteiger partial charge is 0.315 e. The third-order valence-corrected chi connectivity index (χ3v) is 6.78. The Balaban J connectivity index is 2.59. The van der Waals surface area contributed by atoms with Gasteiger partial charge in [-0.25, -0.2) is 0 Å². The van der Waals surface area contributed by atoms with Crippen molar-refractivity contribution in [3.8, 4) is 0 Å². The molecule has 2 aromatic rings. The summed E-state index contributed by atoms with van der Waals surface area (Å²) >= 11 is 0. The second-order valence-electron chi connectivity index (χ2n) is 7.40. The summed E-state index contributed by atoms with van der Waals surface area (Å²) in [7, 11) is -1.97. The number of ether oxygens (including phenoxy) is 1. The van der Waals surface area contributed by atoms with Crippen molar-refractivity contribution < 1.29 is 19.1 Å². The minimum Gasteiger partial charge on any atom is -0.435 e. The van der Waals surface area contributed by atoms with E-state index in [1.807, 2.05) is 65.8 Å². The number of hydrogen-bond acceptors (Lipinski definition) is 4. The van der Waals surface area contributed by atoms with Crippen LogP contribution in [0.15, 0.2) is 37.1 Å². The van der Waals surface area contributed by atoms with Gasteiger partial charge in [0.15, 0.2) is 11.0 Å². The Morgan fingerprint density at radius 3 is 1.45 bits per heavy atom. The van der Waals surface area contributed by atoms with Gasteiger partial charge in [0.05, 0.1) is 20.3 Å². The van der Waals surface area contributed by atoms with E-state index in [1.54, 1.807) is 0 Å². The lowest BCUT2D eigenvalue weighted by Crippen LogP contribution is -2.18.